The lowest BCUT2D eigenvalue weighted by Crippen LogP contribution is -2.34. The lowest BCUT2D eigenvalue weighted by molar-refractivity contribution is 0.0782. The maximum atomic E-state index is 13.2. The fraction of sp³-hybridized carbons (Fsp3) is 0.300. The quantitative estimate of drug-likeness (QED) is 0.741. The van der Waals surface area contributed by atoms with E-state index in [2.05, 4.69) is 20.1 Å². The Morgan fingerprint density at radius 2 is 1.64 bits per heavy atom. The summed E-state index contributed by atoms with van der Waals surface area (Å²) in [6.07, 6.45) is 3.20. The lowest BCUT2D eigenvalue weighted by atomic mass is 10.0. The molecular formula is C20H20N6O2. The summed E-state index contributed by atoms with van der Waals surface area (Å²) in [6, 6.07) is 12.7. The molecule has 0 aliphatic carbocycles. The number of hydrogen-bond donors (Lipinski definition) is 1. The summed E-state index contributed by atoms with van der Waals surface area (Å²) >= 11 is 0. The molecule has 2 aliphatic rings. The molecule has 28 heavy (non-hydrogen) atoms. The summed E-state index contributed by atoms with van der Waals surface area (Å²) in [6.45, 7) is 3.13. The first-order chi connectivity index (χ1) is 13.7. The van der Waals surface area contributed by atoms with Crippen LogP contribution in [0, 0.1) is 11.8 Å². The maximum Gasteiger partial charge on any atom is 0.256 e. The molecule has 5 rings (SSSR count). The summed E-state index contributed by atoms with van der Waals surface area (Å²) in [4.78, 5) is 33.3. The van der Waals surface area contributed by atoms with E-state index in [0.29, 0.717) is 23.1 Å². The zero-order chi connectivity index (χ0) is 19.1. The van der Waals surface area contributed by atoms with E-state index in [1.54, 1.807) is 18.5 Å². The van der Waals surface area contributed by atoms with Crippen LogP contribution in [0.4, 0.5) is 5.82 Å². The average molecular weight is 376 g/mol. The maximum absolute atomic E-state index is 13.2. The zero-order valence-corrected chi connectivity index (χ0v) is 15.2. The Labute approximate surface area is 161 Å². The minimum atomic E-state index is -0.0878. The van der Waals surface area contributed by atoms with Crippen molar-refractivity contribution in [2.45, 2.75) is 0 Å². The van der Waals surface area contributed by atoms with Crippen LogP contribution in [0.3, 0.4) is 0 Å². The number of likely N-dealkylation sites (tertiary alicyclic amines) is 1. The number of amides is 1. The number of pyridine rings is 1. The third kappa shape index (κ3) is 2.87. The normalized spacial score (nSPS) is 21.1. The lowest BCUT2D eigenvalue weighted by Gasteiger charge is -2.23. The van der Waals surface area contributed by atoms with Crippen LogP contribution in [0.15, 0.2) is 59.7 Å². The number of para-hydroxylation sites is 1. The molecule has 2 aromatic heterocycles. The van der Waals surface area contributed by atoms with Crippen molar-refractivity contribution in [2.75, 3.05) is 31.1 Å². The third-order valence-electron chi connectivity index (χ3n) is 5.64. The summed E-state index contributed by atoms with van der Waals surface area (Å²) < 4.78 is 0. The number of nitrogens with one attached hydrogen (secondary N) is 1. The zero-order valence-electron chi connectivity index (χ0n) is 15.2. The van der Waals surface area contributed by atoms with Crippen molar-refractivity contribution >= 4 is 11.7 Å². The number of nitrogens with zero attached hydrogens (tertiary/aromatic N) is 5. The van der Waals surface area contributed by atoms with Gasteiger partial charge in [-0.1, -0.05) is 18.2 Å². The van der Waals surface area contributed by atoms with Crippen molar-refractivity contribution in [1.82, 2.24) is 24.9 Å². The number of hydrogen-bond acceptors (Lipinski definition) is 5. The Kier molecular flexibility index (Phi) is 3.96. The molecule has 1 amide bonds. The van der Waals surface area contributed by atoms with E-state index in [-0.39, 0.29) is 11.5 Å². The molecule has 0 bridgehead atoms. The highest BCUT2D eigenvalue weighted by Crippen LogP contribution is 2.34. The summed E-state index contributed by atoms with van der Waals surface area (Å²) in [7, 11) is 0. The predicted octanol–water partition coefficient (Wildman–Crippen LogP) is 1.16. The molecule has 2 fully saturated rings. The Hall–Kier alpha value is -3.42. The summed E-state index contributed by atoms with van der Waals surface area (Å²) in [5, 5.41) is 8.33. The number of aromatic nitrogens is 4. The van der Waals surface area contributed by atoms with Crippen LogP contribution < -0.4 is 10.5 Å². The Morgan fingerprint density at radius 3 is 2.36 bits per heavy atom. The average Bonchev–Trinajstić information content (AvgIpc) is 3.43. The summed E-state index contributed by atoms with van der Waals surface area (Å²) in [5.41, 5.74) is 1.22. The minimum Gasteiger partial charge on any atom is -0.357 e. The molecule has 142 valence electrons. The molecule has 0 spiro atoms. The van der Waals surface area contributed by atoms with Crippen molar-refractivity contribution < 1.29 is 4.79 Å². The second-order valence-electron chi connectivity index (χ2n) is 7.37. The van der Waals surface area contributed by atoms with Gasteiger partial charge in [0, 0.05) is 44.1 Å². The van der Waals surface area contributed by atoms with Gasteiger partial charge < -0.3 is 14.8 Å². The van der Waals surface area contributed by atoms with Gasteiger partial charge >= 0.3 is 0 Å². The first-order valence-electron chi connectivity index (χ1n) is 9.38. The number of anilines is 1. The fourth-order valence-electron chi connectivity index (χ4n) is 4.32. The van der Waals surface area contributed by atoms with Gasteiger partial charge in [-0.3, -0.25) is 9.59 Å². The Balaban J connectivity index is 1.32. The van der Waals surface area contributed by atoms with Crippen molar-refractivity contribution in [2.24, 2.45) is 11.8 Å². The fourth-order valence-corrected chi connectivity index (χ4v) is 4.32. The van der Waals surface area contributed by atoms with Crippen LogP contribution in [0.25, 0.3) is 5.69 Å². The van der Waals surface area contributed by atoms with Gasteiger partial charge in [0.15, 0.2) is 0 Å². The van der Waals surface area contributed by atoms with Gasteiger partial charge in [-0.15, -0.1) is 0 Å². The van der Waals surface area contributed by atoms with Gasteiger partial charge in [-0.05, 0) is 18.2 Å². The molecular weight excluding hydrogens is 356 g/mol. The molecule has 0 radical (unpaired) electrons. The van der Waals surface area contributed by atoms with Gasteiger partial charge in [0.1, 0.15) is 5.82 Å². The van der Waals surface area contributed by atoms with Gasteiger partial charge in [0.05, 0.1) is 23.6 Å². The molecule has 1 aromatic carbocycles. The minimum absolute atomic E-state index is 0.0157. The number of benzene rings is 1. The first-order valence-corrected chi connectivity index (χ1v) is 9.38. The Morgan fingerprint density at radius 1 is 0.929 bits per heavy atom. The van der Waals surface area contributed by atoms with E-state index < -0.39 is 0 Å². The molecule has 4 heterocycles. The largest absolute Gasteiger partial charge is 0.357 e. The van der Waals surface area contributed by atoms with E-state index in [4.69, 9.17) is 0 Å². The predicted molar refractivity (Wildman–Crippen MR) is 104 cm³/mol. The second-order valence-corrected chi connectivity index (χ2v) is 7.37. The van der Waals surface area contributed by atoms with Crippen LogP contribution in [0.2, 0.25) is 0 Å². The highest BCUT2D eigenvalue weighted by molar-refractivity contribution is 5.97. The van der Waals surface area contributed by atoms with E-state index >= 15 is 0 Å². The van der Waals surface area contributed by atoms with Gasteiger partial charge in [-0.2, -0.15) is 15.0 Å². The number of aromatic amines is 1. The summed E-state index contributed by atoms with van der Waals surface area (Å²) in [5.74, 6) is 1.68. The van der Waals surface area contributed by atoms with E-state index in [1.165, 1.54) is 10.9 Å². The first kappa shape index (κ1) is 16.7. The smallest absolute Gasteiger partial charge is 0.256 e. The highest BCUT2D eigenvalue weighted by Gasteiger charge is 2.42. The van der Waals surface area contributed by atoms with Crippen molar-refractivity contribution in [3.8, 4) is 5.69 Å². The molecule has 8 nitrogen and oxygen atoms in total. The van der Waals surface area contributed by atoms with Crippen LogP contribution in [-0.4, -0.2) is 57.0 Å². The van der Waals surface area contributed by atoms with Crippen LogP contribution in [0.5, 0.6) is 0 Å². The number of rotatable bonds is 3. The van der Waals surface area contributed by atoms with Crippen molar-refractivity contribution in [1.29, 1.82) is 0 Å². The van der Waals surface area contributed by atoms with Gasteiger partial charge in [0.25, 0.3) is 5.91 Å². The molecule has 8 heteroatoms. The van der Waals surface area contributed by atoms with Gasteiger partial charge in [-0.25, -0.2) is 0 Å². The number of H-pyrrole nitrogens is 1. The van der Waals surface area contributed by atoms with Crippen molar-refractivity contribution in [3.05, 3.63) is 70.8 Å². The highest BCUT2D eigenvalue weighted by atomic mass is 16.2. The monoisotopic (exact) mass is 376 g/mol. The van der Waals surface area contributed by atoms with Gasteiger partial charge in [0.2, 0.25) is 5.56 Å². The molecule has 0 saturated carbocycles. The SMILES string of the molecule is O=C(c1ccccc1-n1nccn1)N1CC2CN(c3cccc(=O)[nH]3)CC2C1. The second kappa shape index (κ2) is 6.63. The van der Waals surface area contributed by atoms with Crippen molar-refractivity contribution in [3.63, 3.8) is 0 Å². The Bertz CT molecular complexity index is 1050. The number of carbonyl (C=O) groups excluding carboxylic acids is 1. The molecule has 2 atom stereocenters. The molecule has 2 aliphatic heterocycles. The van der Waals surface area contributed by atoms with E-state index in [1.807, 2.05) is 35.2 Å². The van der Waals surface area contributed by atoms with Crippen LogP contribution >= 0.6 is 0 Å². The van der Waals surface area contributed by atoms with Crippen LogP contribution in [-0.2, 0) is 0 Å². The van der Waals surface area contributed by atoms with E-state index in [9.17, 15) is 9.59 Å². The molecule has 3 aromatic rings. The molecule has 2 unspecified atom stereocenters. The topological polar surface area (TPSA) is 87.1 Å². The molecule has 2 saturated heterocycles. The number of fused-ring (bicyclic) bond motifs is 1. The number of carbonyl (C=O) groups is 1. The third-order valence-corrected chi connectivity index (χ3v) is 5.64. The van der Waals surface area contributed by atoms with Crippen LogP contribution in [0.1, 0.15) is 10.4 Å². The van der Waals surface area contributed by atoms with E-state index in [0.717, 1.165) is 32.0 Å². The standard InChI is InChI=1S/C20H20N6O2/c27-19-7-3-6-18(23-19)24-10-14-12-25(13-15(14)11-24)20(28)16-4-1-2-5-17(16)26-21-8-9-22-26/h1-9,14-15H,10-13H2,(H,23,27). The molecule has 1 N–H and O–H groups in total.